The predicted molar refractivity (Wildman–Crippen MR) is 115 cm³/mol. The van der Waals surface area contributed by atoms with Gasteiger partial charge in [0.25, 0.3) is 0 Å². The lowest BCUT2D eigenvalue weighted by Crippen LogP contribution is -2.43. The first-order valence-corrected chi connectivity index (χ1v) is 10.3. The second-order valence-electron chi connectivity index (χ2n) is 7.67. The van der Waals surface area contributed by atoms with Crippen molar-refractivity contribution in [1.29, 1.82) is 0 Å². The lowest BCUT2D eigenvalue weighted by atomic mass is 10.1. The molecule has 3 aromatic rings. The molecule has 5 N–H and O–H groups in total. The van der Waals surface area contributed by atoms with Crippen molar-refractivity contribution in [2.75, 3.05) is 5.32 Å². The number of hydrogen-bond acceptors (Lipinski definition) is 9. The second-order valence-corrected chi connectivity index (χ2v) is 8.11. The Kier molecular flexibility index (Phi) is 6.15. The Morgan fingerprint density at radius 2 is 2.16 bits per heavy atom. The summed E-state index contributed by atoms with van der Waals surface area (Å²) < 4.78 is 12.8. The fourth-order valence-corrected chi connectivity index (χ4v) is 3.74. The van der Waals surface area contributed by atoms with Crippen molar-refractivity contribution in [2.24, 2.45) is 5.73 Å². The van der Waals surface area contributed by atoms with E-state index in [9.17, 15) is 15.0 Å². The lowest BCUT2D eigenvalue weighted by molar-refractivity contribution is -0.152. The van der Waals surface area contributed by atoms with Gasteiger partial charge in [0.1, 0.15) is 18.2 Å². The molecule has 0 saturated carbocycles. The summed E-state index contributed by atoms with van der Waals surface area (Å²) in [5.74, 6) is -0.110. The van der Waals surface area contributed by atoms with Crippen LogP contribution in [0.3, 0.4) is 0 Å². The fraction of sp³-hybridized carbons (Fsp3) is 0.400. The highest BCUT2D eigenvalue weighted by Gasteiger charge is 2.46. The number of nitrogens with zero attached hydrogens (tertiary/aromatic N) is 4. The number of nitrogens with one attached hydrogen (secondary N) is 1. The van der Waals surface area contributed by atoms with Gasteiger partial charge in [-0.15, -0.1) is 0 Å². The van der Waals surface area contributed by atoms with Crippen LogP contribution < -0.4 is 15.8 Å². The Labute approximate surface area is 188 Å². The van der Waals surface area contributed by atoms with Gasteiger partial charge in [0.2, 0.25) is 0 Å². The summed E-state index contributed by atoms with van der Waals surface area (Å²) in [5, 5.41) is 23.4. The number of rotatable bonds is 7. The van der Waals surface area contributed by atoms with Crippen molar-refractivity contribution in [3.8, 4) is 5.75 Å². The molecule has 1 aromatic carbocycles. The Morgan fingerprint density at radius 1 is 1.38 bits per heavy atom. The van der Waals surface area contributed by atoms with Gasteiger partial charge in [-0.3, -0.25) is 4.57 Å². The number of halogens is 1. The van der Waals surface area contributed by atoms with Crippen LogP contribution in [0.4, 0.5) is 5.82 Å². The van der Waals surface area contributed by atoms with Crippen LogP contribution in [0.5, 0.6) is 5.75 Å². The molecule has 1 saturated heterocycles. The molecule has 4 rings (SSSR count). The second kappa shape index (κ2) is 8.87. The number of nitrogens with two attached hydrogens (primary N) is 1. The number of fused-ring (bicyclic) bond motifs is 1. The van der Waals surface area contributed by atoms with Crippen LogP contribution in [0.25, 0.3) is 11.2 Å². The number of carboxylic acid groups (broad SMARTS) is 1. The van der Waals surface area contributed by atoms with Gasteiger partial charge < -0.3 is 30.7 Å². The third-order valence-corrected chi connectivity index (χ3v) is 5.27. The number of hydrogen-bond donors (Lipinski definition) is 4. The van der Waals surface area contributed by atoms with E-state index < -0.39 is 30.4 Å². The van der Waals surface area contributed by atoms with Gasteiger partial charge in [0.15, 0.2) is 29.3 Å². The number of aromatic nitrogens is 4. The summed E-state index contributed by atoms with van der Waals surface area (Å²) in [5.41, 5.74) is 7.42. The average Bonchev–Trinajstić information content (AvgIpc) is 3.29. The minimum absolute atomic E-state index is 0.00443. The molecule has 4 atom stereocenters. The smallest absolute Gasteiger partial charge is 0.334 e. The Hall–Kier alpha value is -2.99. The molecule has 0 unspecified atom stereocenters. The standard InChI is InChI=1S/C20H23ClN6O5/c1-9(2)31-12-4-3-11(21)5-10(12)6-23-17-14-18(25-7-24-17)27(8-26-14)19-15(28)13(22)16(32-19)20(29)30/h3-5,7-9,13,15-16,19,28H,6,22H2,1-2H3,(H,29,30)(H,23,24,25)/t13-,15+,16-,19+/m0/s1. The van der Waals surface area contributed by atoms with Crippen molar-refractivity contribution in [1.82, 2.24) is 19.5 Å². The largest absolute Gasteiger partial charge is 0.491 e. The molecule has 170 valence electrons. The molecule has 1 aliphatic heterocycles. The molecular weight excluding hydrogens is 440 g/mol. The molecule has 3 heterocycles. The number of carboxylic acids is 1. The van der Waals surface area contributed by atoms with Crippen LogP contribution in [0.15, 0.2) is 30.9 Å². The normalized spacial score (nSPS) is 23.1. The van der Waals surface area contributed by atoms with E-state index in [-0.39, 0.29) is 6.10 Å². The number of aliphatic hydroxyl groups is 1. The van der Waals surface area contributed by atoms with Gasteiger partial charge >= 0.3 is 5.97 Å². The van der Waals surface area contributed by atoms with Gasteiger partial charge in [-0.25, -0.2) is 19.7 Å². The molecule has 1 fully saturated rings. The highest BCUT2D eigenvalue weighted by molar-refractivity contribution is 6.30. The highest BCUT2D eigenvalue weighted by atomic mass is 35.5. The van der Waals surface area contributed by atoms with Crippen LogP contribution in [-0.4, -0.2) is 60.1 Å². The molecule has 32 heavy (non-hydrogen) atoms. The van der Waals surface area contributed by atoms with Crippen LogP contribution >= 0.6 is 11.6 Å². The topological polar surface area (TPSA) is 158 Å². The molecule has 12 heteroatoms. The van der Waals surface area contributed by atoms with E-state index in [1.807, 2.05) is 19.9 Å². The Morgan fingerprint density at radius 3 is 2.84 bits per heavy atom. The molecular formula is C20H23ClN6O5. The van der Waals surface area contributed by atoms with Crippen LogP contribution in [0.1, 0.15) is 25.6 Å². The zero-order valence-corrected chi connectivity index (χ0v) is 18.1. The molecule has 1 aliphatic rings. The first-order chi connectivity index (χ1) is 15.3. The summed E-state index contributed by atoms with van der Waals surface area (Å²) >= 11 is 6.15. The molecule has 0 spiro atoms. The number of carbonyl (C=O) groups is 1. The van der Waals surface area contributed by atoms with Crippen molar-refractivity contribution < 1.29 is 24.5 Å². The SMILES string of the molecule is CC(C)Oc1ccc(Cl)cc1CNc1ncnc2c1ncn2[C@@H]1O[C@H](C(=O)O)[C@@H](N)[C@H]1O. The quantitative estimate of drug-likeness (QED) is 0.406. The Balaban J connectivity index is 1.60. The summed E-state index contributed by atoms with van der Waals surface area (Å²) in [6, 6.07) is 4.29. The number of aliphatic hydroxyl groups excluding tert-OH is 1. The van der Waals surface area contributed by atoms with Crippen molar-refractivity contribution >= 4 is 34.6 Å². The number of ether oxygens (including phenoxy) is 2. The number of anilines is 1. The first-order valence-electron chi connectivity index (χ1n) is 9.94. The molecule has 11 nitrogen and oxygen atoms in total. The third-order valence-electron chi connectivity index (χ3n) is 5.03. The maximum Gasteiger partial charge on any atom is 0.334 e. The highest BCUT2D eigenvalue weighted by Crippen LogP contribution is 2.32. The number of benzene rings is 1. The summed E-state index contributed by atoms with van der Waals surface area (Å²) in [7, 11) is 0. The average molecular weight is 463 g/mol. The summed E-state index contributed by atoms with van der Waals surface area (Å²) in [6.45, 7) is 4.23. The molecule has 2 aromatic heterocycles. The van der Waals surface area contributed by atoms with E-state index in [0.717, 1.165) is 5.56 Å². The number of imidazole rings is 1. The van der Waals surface area contributed by atoms with Gasteiger partial charge in [-0.1, -0.05) is 11.6 Å². The van der Waals surface area contributed by atoms with E-state index in [1.54, 1.807) is 12.1 Å². The zero-order chi connectivity index (χ0) is 23.0. The predicted octanol–water partition coefficient (Wildman–Crippen LogP) is 1.55. The maximum absolute atomic E-state index is 11.3. The third kappa shape index (κ3) is 4.19. The molecule has 0 radical (unpaired) electrons. The number of aliphatic carboxylic acids is 1. The van der Waals surface area contributed by atoms with Crippen LogP contribution in [0, 0.1) is 0 Å². The Bertz CT molecular complexity index is 1140. The summed E-state index contributed by atoms with van der Waals surface area (Å²) in [4.78, 5) is 24.1. The van der Waals surface area contributed by atoms with Gasteiger partial charge in [-0.2, -0.15) is 0 Å². The molecule has 0 aliphatic carbocycles. The van der Waals surface area contributed by atoms with Crippen molar-refractivity contribution in [2.45, 2.75) is 51.0 Å². The van der Waals surface area contributed by atoms with Gasteiger partial charge in [0, 0.05) is 17.1 Å². The zero-order valence-electron chi connectivity index (χ0n) is 17.3. The van der Waals surface area contributed by atoms with Crippen LogP contribution in [0.2, 0.25) is 5.02 Å². The molecule has 0 bridgehead atoms. The van der Waals surface area contributed by atoms with Gasteiger partial charge in [0.05, 0.1) is 18.5 Å². The fourth-order valence-electron chi connectivity index (χ4n) is 3.55. The minimum atomic E-state index is -1.34. The van der Waals surface area contributed by atoms with E-state index in [0.29, 0.717) is 34.3 Å². The minimum Gasteiger partial charge on any atom is -0.491 e. The van der Waals surface area contributed by atoms with Crippen LogP contribution in [-0.2, 0) is 16.1 Å². The van der Waals surface area contributed by atoms with Gasteiger partial charge in [-0.05, 0) is 32.0 Å². The van der Waals surface area contributed by atoms with E-state index >= 15 is 0 Å². The first kappa shape index (κ1) is 22.2. The van der Waals surface area contributed by atoms with E-state index in [2.05, 4.69) is 20.3 Å². The lowest BCUT2D eigenvalue weighted by Gasteiger charge is -2.17. The van der Waals surface area contributed by atoms with E-state index in [4.69, 9.17) is 26.8 Å². The van der Waals surface area contributed by atoms with E-state index in [1.165, 1.54) is 17.2 Å². The summed E-state index contributed by atoms with van der Waals surface area (Å²) in [6.07, 6.45) is -0.895. The monoisotopic (exact) mass is 462 g/mol. The maximum atomic E-state index is 11.3. The molecule has 0 amide bonds. The van der Waals surface area contributed by atoms with Crippen molar-refractivity contribution in [3.63, 3.8) is 0 Å². The van der Waals surface area contributed by atoms with Crippen molar-refractivity contribution in [3.05, 3.63) is 41.4 Å².